The van der Waals surface area contributed by atoms with Crippen molar-refractivity contribution in [2.45, 2.75) is 6.04 Å². The average molecular weight is 418 g/mol. The van der Waals surface area contributed by atoms with Crippen LogP contribution in [0.3, 0.4) is 0 Å². The van der Waals surface area contributed by atoms with Gasteiger partial charge >= 0.3 is 12.0 Å². The zero-order chi connectivity index (χ0) is 20.8. The number of urea groups is 1. The van der Waals surface area contributed by atoms with Crippen molar-refractivity contribution >= 4 is 29.3 Å². The lowest BCUT2D eigenvalue weighted by atomic mass is 10.0. The number of carbonyl (C=O) groups excluding carboxylic acids is 2. The molecule has 2 aromatic rings. The number of nitrogens with one attached hydrogen (secondary N) is 1. The largest absolute Gasteiger partial charge is 0.497 e. The highest BCUT2D eigenvalue weighted by Gasteiger charge is 2.33. The Balaban J connectivity index is 1.65. The van der Waals surface area contributed by atoms with Crippen LogP contribution in [0.5, 0.6) is 5.75 Å². The molecule has 8 heteroatoms. The van der Waals surface area contributed by atoms with Crippen LogP contribution in [-0.2, 0) is 9.53 Å². The van der Waals surface area contributed by atoms with Crippen LogP contribution in [0, 0.1) is 0 Å². The average Bonchev–Trinajstić information content (AvgIpc) is 2.75. The molecule has 1 unspecified atom stereocenters. The Bertz CT molecular complexity index is 869. The second-order valence-electron chi connectivity index (χ2n) is 6.63. The van der Waals surface area contributed by atoms with Crippen LogP contribution in [0.15, 0.2) is 48.5 Å². The quantitative estimate of drug-likeness (QED) is 0.755. The van der Waals surface area contributed by atoms with Crippen molar-refractivity contribution in [1.82, 2.24) is 9.80 Å². The molecule has 29 heavy (non-hydrogen) atoms. The van der Waals surface area contributed by atoms with E-state index in [-0.39, 0.29) is 12.0 Å². The van der Waals surface area contributed by atoms with Crippen molar-refractivity contribution in [3.63, 3.8) is 0 Å². The van der Waals surface area contributed by atoms with Gasteiger partial charge in [0.15, 0.2) is 0 Å². The molecule has 0 aliphatic carbocycles. The molecule has 1 saturated heterocycles. The fraction of sp³-hybridized carbons (Fsp3) is 0.333. The maximum Gasteiger partial charge on any atom is 0.327 e. The molecule has 0 radical (unpaired) electrons. The van der Waals surface area contributed by atoms with Crippen LogP contribution >= 0.6 is 11.6 Å². The summed E-state index contributed by atoms with van der Waals surface area (Å²) in [5.74, 6) is 0.306. The molecular formula is C21H24ClN3O4. The molecule has 2 aromatic carbocycles. The first-order valence-corrected chi connectivity index (χ1v) is 9.67. The number of ether oxygens (including phenoxy) is 2. The van der Waals surface area contributed by atoms with Crippen molar-refractivity contribution < 1.29 is 19.1 Å². The highest BCUT2D eigenvalue weighted by atomic mass is 35.5. The summed E-state index contributed by atoms with van der Waals surface area (Å²) in [5.41, 5.74) is 1.37. The molecule has 0 spiro atoms. The Morgan fingerprint density at radius 3 is 2.41 bits per heavy atom. The molecule has 1 aliphatic rings. The van der Waals surface area contributed by atoms with Crippen LogP contribution in [-0.4, -0.2) is 62.2 Å². The van der Waals surface area contributed by atoms with Gasteiger partial charge in [-0.3, -0.25) is 4.90 Å². The predicted octanol–water partition coefficient (Wildman–Crippen LogP) is 3.41. The third-order valence-electron chi connectivity index (χ3n) is 4.91. The highest BCUT2D eigenvalue weighted by Crippen LogP contribution is 2.29. The van der Waals surface area contributed by atoms with Gasteiger partial charge in [0.25, 0.3) is 0 Å². The smallest absolute Gasteiger partial charge is 0.327 e. The summed E-state index contributed by atoms with van der Waals surface area (Å²) >= 11 is 6.31. The molecule has 7 nitrogen and oxygen atoms in total. The van der Waals surface area contributed by atoms with Crippen LogP contribution in [0.1, 0.15) is 11.6 Å². The molecule has 154 valence electrons. The monoisotopic (exact) mass is 417 g/mol. The molecule has 0 bridgehead atoms. The van der Waals surface area contributed by atoms with E-state index in [9.17, 15) is 9.59 Å². The van der Waals surface area contributed by atoms with Crippen LogP contribution in [0.2, 0.25) is 5.02 Å². The number of nitrogens with zero attached hydrogens (tertiary/aromatic N) is 2. The zero-order valence-corrected chi connectivity index (χ0v) is 17.2. The van der Waals surface area contributed by atoms with Gasteiger partial charge in [0.2, 0.25) is 0 Å². The second kappa shape index (κ2) is 9.62. The van der Waals surface area contributed by atoms with Crippen molar-refractivity contribution in [2.75, 3.05) is 45.7 Å². The number of rotatable bonds is 5. The number of hydrogen-bond acceptors (Lipinski definition) is 5. The first-order valence-electron chi connectivity index (χ1n) is 9.29. The van der Waals surface area contributed by atoms with E-state index >= 15 is 0 Å². The van der Waals surface area contributed by atoms with E-state index < -0.39 is 6.04 Å². The van der Waals surface area contributed by atoms with E-state index in [0.717, 1.165) is 0 Å². The van der Waals surface area contributed by atoms with Gasteiger partial charge in [-0.1, -0.05) is 35.9 Å². The summed E-state index contributed by atoms with van der Waals surface area (Å²) < 4.78 is 10.2. The van der Waals surface area contributed by atoms with E-state index in [1.165, 1.54) is 7.11 Å². The number of anilines is 1. The number of halogens is 1. The number of benzene rings is 2. The van der Waals surface area contributed by atoms with Crippen LogP contribution in [0.25, 0.3) is 0 Å². The van der Waals surface area contributed by atoms with E-state index in [1.807, 2.05) is 35.2 Å². The lowest BCUT2D eigenvalue weighted by molar-refractivity contribution is -0.148. The number of hydrogen-bond donors (Lipinski definition) is 1. The van der Waals surface area contributed by atoms with Gasteiger partial charge in [0, 0.05) is 43.0 Å². The Morgan fingerprint density at radius 2 is 1.76 bits per heavy atom. The molecule has 1 atom stereocenters. The molecule has 2 amide bonds. The summed E-state index contributed by atoms with van der Waals surface area (Å²) in [6.07, 6.45) is 0. The fourth-order valence-electron chi connectivity index (χ4n) is 3.37. The standard InChI is InChI=1S/C21H24ClN3O4/c1-28-16-7-5-6-15(14-16)23-21(27)25-12-10-24(11-13-25)19(20(26)29-2)17-8-3-4-9-18(17)22/h3-9,14,19H,10-13H2,1-2H3,(H,23,27). The minimum absolute atomic E-state index is 0.190. The lowest BCUT2D eigenvalue weighted by Crippen LogP contribution is -2.52. The van der Waals surface area contributed by atoms with Crippen molar-refractivity contribution in [2.24, 2.45) is 0 Å². The van der Waals surface area contributed by atoms with E-state index in [4.69, 9.17) is 21.1 Å². The van der Waals surface area contributed by atoms with Gasteiger partial charge in [0.05, 0.1) is 14.2 Å². The first kappa shape index (κ1) is 21.0. The van der Waals surface area contributed by atoms with Gasteiger partial charge in [-0.15, -0.1) is 0 Å². The first-order chi connectivity index (χ1) is 14.0. The number of carbonyl (C=O) groups is 2. The van der Waals surface area contributed by atoms with E-state index in [0.29, 0.717) is 48.2 Å². The van der Waals surface area contributed by atoms with Gasteiger partial charge in [0.1, 0.15) is 11.8 Å². The van der Waals surface area contributed by atoms with Gasteiger partial charge in [-0.2, -0.15) is 0 Å². The van der Waals surface area contributed by atoms with Crippen molar-refractivity contribution in [1.29, 1.82) is 0 Å². The van der Waals surface area contributed by atoms with E-state index in [1.54, 1.807) is 30.2 Å². The van der Waals surface area contributed by atoms with Gasteiger partial charge < -0.3 is 19.7 Å². The zero-order valence-electron chi connectivity index (χ0n) is 16.4. The SMILES string of the molecule is COC(=O)C(c1ccccc1Cl)N1CCN(C(=O)Nc2cccc(OC)c2)CC1. The summed E-state index contributed by atoms with van der Waals surface area (Å²) in [7, 11) is 2.95. The number of amides is 2. The molecule has 1 heterocycles. The molecule has 0 saturated carbocycles. The van der Waals surface area contributed by atoms with Gasteiger partial charge in [-0.05, 0) is 23.8 Å². The number of methoxy groups -OCH3 is 2. The van der Waals surface area contributed by atoms with Crippen LogP contribution < -0.4 is 10.1 Å². The predicted molar refractivity (Wildman–Crippen MR) is 111 cm³/mol. The minimum atomic E-state index is -0.600. The summed E-state index contributed by atoms with van der Waals surface area (Å²) in [6, 6.07) is 13.7. The third-order valence-corrected chi connectivity index (χ3v) is 5.26. The number of piperazine rings is 1. The lowest BCUT2D eigenvalue weighted by Gasteiger charge is -2.38. The Hall–Kier alpha value is -2.77. The second-order valence-corrected chi connectivity index (χ2v) is 7.04. The third kappa shape index (κ3) is 4.99. The van der Waals surface area contributed by atoms with Crippen LogP contribution in [0.4, 0.5) is 10.5 Å². The molecular weight excluding hydrogens is 394 g/mol. The summed E-state index contributed by atoms with van der Waals surface area (Å²) in [5, 5.41) is 3.40. The maximum atomic E-state index is 12.6. The molecule has 1 fully saturated rings. The fourth-order valence-corrected chi connectivity index (χ4v) is 3.61. The van der Waals surface area contributed by atoms with E-state index in [2.05, 4.69) is 5.32 Å². The summed E-state index contributed by atoms with van der Waals surface area (Å²) in [4.78, 5) is 28.8. The molecule has 1 aliphatic heterocycles. The normalized spacial score (nSPS) is 15.5. The Labute approximate surface area is 175 Å². The number of esters is 1. The molecule has 0 aromatic heterocycles. The molecule has 3 rings (SSSR count). The molecule has 1 N–H and O–H groups in total. The topological polar surface area (TPSA) is 71.1 Å². The van der Waals surface area contributed by atoms with Gasteiger partial charge in [-0.25, -0.2) is 9.59 Å². The van der Waals surface area contributed by atoms with Crippen molar-refractivity contribution in [3.05, 3.63) is 59.1 Å². The Kier molecular flexibility index (Phi) is 6.95. The highest BCUT2D eigenvalue weighted by molar-refractivity contribution is 6.31. The Morgan fingerprint density at radius 1 is 1.03 bits per heavy atom. The minimum Gasteiger partial charge on any atom is -0.497 e. The van der Waals surface area contributed by atoms with Crippen molar-refractivity contribution in [3.8, 4) is 5.75 Å². The summed E-state index contributed by atoms with van der Waals surface area (Å²) in [6.45, 7) is 2.01. The maximum absolute atomic E-state index is 12.6.